The van der Waals surface area contributed by atoms with Gasteiger partial charge in [0.05, 0.1) is 11.6 Å². The van der Waals surface area contributed by atoms with Gasteiger partial charge < -0.3 is 10.2 Å². The highest BCUT2D eigenvalue weighted by Crippen LogP contribution is 2.16. The van der Waals surface area contributed by atoms with Crippen molar-refractivity contribution in [3.8, 4) is 6.07 Å². The van der Waals surface area contributed by atoms with Gasteiger partial charge in [0.25, 0.3) is 0 Å². The SMILES string of the molecule is N#Cc1cccc(CNC[C@@H]2CCN(CCc3ccccc3)C2)c1. The van der Waals surface area contributed by atoms with E-state index in [2.05, 4.69) is 52.7 Å². The van der Waals surface area contributed by atoms with Crippen LogP contribution in [0.2, 0.25) is 0 Å². The van der Waals surface area contributed by atoms with Crippen molar-refractivity contribution in [3.63, 3.8) is 0 Å². The number of hydrogen-bond donors (Lipinski definition) is 1. The number of benzene rings is 2. The van der Waals surface area contributed by atoms with Gasteiger partial charge in [-0.15, -0.1) is 0 Å². The first-order valence-corrected chi connectivity index (χ1v) is 8.79. The second-order valence-corrected chi connectivity index (χ2v) is 6.63. The molecule has 124 valence electrons. The van der Waals surface area contributed by atoms with Crippen molar-refractivity contribution in [2.75, 3.05) is 26.2 Å². The number of rotatable bonds is 7. The van der Waals surface area contributed by atoms with Crippen LogP contribution < -0.4 is 5.32 Å². The van der Waals surface area contributed by atoms with Gasteiger partial charge in [-0.3, -0.25) is 0 Å². The van der Waals surface area contributed by atoms with E-state index in [1.165, 1.54) is 30.6 Å². The average molecular weight is 319 g/mol. The lowest BCUT2D eigenvalue weighted by Crippen LogP contribution is -2.27. The molecule has 0 unspecified atom stereocenters. The molecule has 3 heteroatoms. The minimum absolute atomic E-state index is 0.736. The molecule has 0 radical (unpaired) electrons. The zero-order valence-electron chi connectivity index (χ0n) is 14.1. The van der Waals surface area contributed by atoms with Crippen LogP contribution in [0.15, 0.2) is 54.6 Å². The Kier molecular flexibility index (Phi) is 6.01. The van der Waals surface area contributed by atoms with E-state index in [0.29, 0.717) is 0 Å². The quantitative estimate of drug-likeness (QED) is 0.852. The Balaban J connectivity index is 1.36. The lowest BCUT2D eigenvalue weighted by molar-refractivity contribution is 0.325. The lowest BCUT2D eigenvalue weighted by atomic mass is 10.1. The molecule has 0 aromatic heterocycles. The predicted octanol–water partition coefficient (Wildman–Crippen LogP) is 3.21. The summed E-state index contributed by atoms with van der Waals surface area (Å²) in [4.78, 5) is 2.58. The van der Waals surface area contributed by atoms with Crippen LogP contribution in [-0.4, -0.2) is 31.1 Å². The van der Waals surface area contributed by atoms with Gasteiger partial charge in [0.1, 0.15) is 0 Å². The van der Waals surface area contributed by atoms with Crippen molar-refractivity contribution in [2.45, 2.75) is 19.4 Å². The van der Waals surface area contributed by atoms with E-state index in [1.54, 1.807) is 0 Å². The van der Waals surface area contributed by atoms with Crippen molar-refractivity contribution < 1.29 is 0 Å². The van der Waals surface area contributed by atoms with Gasteiger partial charge in [-0.1, -0.05) is 42.5 Å². The normalized spacial score (nSPS) is 17.7. The lowest BCUT2D eigenvalue weighted by Gasteiger charge is -2.16. The number of nitrogens with one attached hydrogen (secondary N) is 1. The summed E-state index contributed by atoms with van der Waals surface area (Å²) in [5, 5.41) is 12.5. The zero-order valence-corrected chi connectivity index (χ0v) is 14.1. The van der Waals surface area contributed by atoms with Gasteiger partial charge in [0.2, 0.25) is 0 Å². The fourth-order valence-electron chi connectivity index (χ4n) is 3.39. The third-order valence-electron chi connectivity index (χ3n) is 4.75. The van der Waals surface area contributed by atoms with Crippen LogP contribution in [-0.2, 0) is 13.0 Å². The van der Waals surface area contributed by atoms with E-state index < -0.39 is 0 Å². The van der Waals surface area contributed by atoms with E-state index in [-0.39, 0.29) is 0 Å². The molecule has 24 heavy (non-hydrogen) atoms. The first-order valence-electron chi connectivity index (χ1n) is 8.79. The minimum atomic E-state index is 0.736. The number of likely N-dealkylation sites (tertiary alicyclic amines) is 1. The largest absolute Gasteiger partial charge is 0.312 e. The van der Waals surface area contributed by atoms with Gasteiger partial charge in [0.15, 0.2) is 0 Å². The molecule has 3 rings (SSSR count). The molecule has 1 fully saturated rings. The van der Waals surface area contributed by atoms with E-state index in [9.17, 15) is 0 Å². The highest BCUT2D eigenvalue weighted by molar-refractivity contribution is 5.32. The maximum atomic E-state index is 8.95. The molecule has 1 saturated heterocycles. The van der Waals surface area contributed by atoms with Gasteiger partial charge in [-0.25, -0.2) is 0 Å². The number of nitrogens with zero attached hydrogens (tertiary/aromatic N) is 2. The van der Waals surface area contributed by atoms with Gasteiger partial charge in [-0.2, -0.15) is 5.26 Å². The van der Waals surface area contributed by atoms with Crippen LogP contribution in [0, 0.1) is 17.2 Å². The third kappa shape index (κ3) is 4.92. The summed E-state index contributed by atoms with van der Waals surface area (Å²) in [5.41, 5.74) is 3.35. The van der Waals surface area contributed by atoms with Crippen LogP contribution in [0.25, 0.3) is 0 Å². The molecule has 0 bridgehead atoms. The van der Waals surface area contributed by atoms with Crippen LogP contribution >= 0.6 is 0 Å². The first kappa shape index (κ1) is 16.7. The van der Waals surface area contributed by atoms with E-state index >= 15 is 0 Å². The highest BCUT2D eigenvalue weighted by Gasteiger charge is 2.21. The van der Waals surface area contributed by atoms with Crippen molar-refractivity contribution in [1.82, 2.24) is 10.2 Å². The Morgan fingerprint density at radius 2 is 1.92 bits per heavy atom. The Bertz CT molecular complexity index is 675. The molecule has 0 aliphatic carbocycles. The summed E-state index contributed by atoms with van der Waals surface area (Å²) < 4.78 is 0. The summed E-state index contributed by atoms with van der Waals surface area (Å²) in [6, 6.07) is 20.8. The summed E-state index contributed by atoms with van der Waals surface area (Å²) in [7, 11) is 0. The first-order chi connectivity index (χ1) is 11.8. The fraction of sp³-hybridized carbons (Fsp3) is 0.381. The van der Waals surface area contributed by atoms with Crippen molar-refractivity contribution >= 4 is 0 Å². The molecular formula is C21H25N3. The number of hydrogen-bond acceptors (Lipinski definition) is 3. The molecule has 0 saturated carbocycles. The van der Waals surface area contributed by atoms with Crippen molar-refractivity contribution in [2.24, 2.45) is 5.92 Å². The Labute approximate surface area is 144 Å². The summed E-state index contributed by atoms with van der Waals surface area (Å²) in [5.74, 6) is 0.736. The predicted molar refractivity (Wildman–Crippen MR) is 97.6 cm³/mol. The summed E-state index contributed by atoms with van der Waals surface area (Å²) in [6.45, 7) is 5.46. The molecule has 1 aliphatic heterocycles. The highest BCUT2D eigenvalue weighted by atomic mass is 15.1. The van der Waals surface area contributed by atoms with Gasteiger partial charge in [0, 0.05) is 19.6 Å². The molecule has 0 spiro atoms. The van der Waals surface area contributed by atoms with Crippen molar-refractivity contribution in [3.05, 3.63) is 71.3 Å². The zero-order chi connectivity index (χ0) is 16.6. The van der Waals surface area contributed by atoms with Crippen LogP contribution in [0.1, 0.15) is 23.1 Å². The van der Waals surface area contributed by atoms with Crippen LogP contribution in [0.3, 0.4) is 0 Å². The monoisotopic (exact) mass is 319 g/mol. The minimum Gasteiger partial charge on any atom is -0.312 e. The molecule has 1 aliphatic rings. The van der Waals surface area contributed by atoms with Crippen LogP contribution in [0.5, 0.6) is 0 Å². The smallest absolute Gasteiger partial charge is 0.0991 e. The van der Waals surface area contributed by atoms with E-state index in [0.717, 1.165) is 37.5 Å². The Morgan fingerprint density at radius 1 is 1.08 bits per heavy atom. The molecular weight excluding hydrogens is 294 g/mol. The Morgan fingerprint density at radius 3 is 2.75 bits per heavy atom. The molecule has 2 aromatic carbocycles. The van der Waals surface area contributed by atoms with Crippen molar-refractivity contribution in [1.29, 1.82) is 5.26 Å². The van der Waals surface area contributed by atoms with Gasteiger partial charge >= 0.3 is 0 Å². The second kappa shape index (κ2) is 8.63. The summed E-state index contributed by atoms with van der Waals surface area (Å²) in [6.07, 6.45) is 2.42. The third-order valence-corrected chi connectivity index (χ3v) is 4.75. The van der Waals surface area contributed by atoms with E-state index in [4.69, 9.17) is 5.26 Å². The molecule has 1 N–H and O–H groups in total. The average Bonchev–Trinajstić information content (AvgIpc) is 3.09. The van der Waals surface area contributed by atoms with Gasteiger partial charge in [-0.05, 0) is 55.1 Å². The van der Waals surface area contributed by atoms with Crippen LogP contribution in [0.4, 0.5) is 0 Å². The standard InChI is InChI=1S/C21H25N3/c22-14-19-7-4-8-20(13-19)15-23-16-21-10-12-24(17-21)11-9-18-5-2-1-3-6-18/h1-8,13,21,23H,9-12,15-17H2/t21-/m0/s1. The molecule has 3 nitrogen and oxygen atoms in total. The van der Waals surface area contributed by atoms with E-state index in [1.807, 2.05) is 18.2 Å². The topological polar surface area (TPSA) is 39.1 Å². The summed E-state index contributed by atoms with van der Waals surface area (Å²) >= 11 is 0. The molecule has 1 atom stereocenters. The fourth-order valence-corrected chi connectivity index (χ4v) is 3.39. The number of nitriles is 1. The molecule has 0 amide bonds. The molecule has 1 heterocycles. The molecule has 2 aromatic rings. The Hall–Kier alpha value is -2.15. The maximum absolute atomic E-state index is 8.95. The second-order valence-electron chi connectivity index (χ2n) is 6.63. The maximum Gasteiger partial charge on any atom is 0.0991 e.